The van der Waals surface area contributed by atoms with Crippen LogP contribution in [0.15, 0.2) is 34.9 Å². The van der Waals surface area contributed by atoms with Crippen LogP contribution in [0, 0.1) is 35.2 Å². The normalized spacial score (nSPS) is 39.8. The van der Waals surface area contributed by atoms with E-state index in [0.29, 0.717) is 17.8 Å². The van der Waals surface area contributed by atoms with Crippen molar-refractivity contribution in [2.45, 2.75) is 83.8 Å². The Bertz CT molecular complexity index is 927. The fourth-order valence-electron chi connectivity index (χ4n) is 6.99. The quantitative estimate of drug-likeness (QED) is 0.487. The summed E-state index contributed by atoms with van der Waals surface area (Å²) in [6, 6.07) is 0. The molecule has 2 saturated carbocycles. The molecule has 4 aliphatic carbocycles. The predicted octanol–water partition coefficient (Wildman–Crippen LogP) is 6.46. The summed E-state index contributed by atoms with van der Waals surface area (Å²) in [5.74, 6) is 1.81. The molecular formula is C25H35NO2S. The number of allylic oxidation sites excluding steroid dienone is 5. The van der Waals surface area contributed by atoms with Crippen LogP contribution in [0.3, 0.4) is 0 Å². The lowest BCUT2D eigenvalue weighted by molar-refractivity contribution is -0.00483. The molecule has 2 fully saturated rings. The Labute approximate surface area is 177 Å². The molecule has 0 saturated heterocycles. The minimum absolute atomic E-state index is 0.00537. The Morgan fingerprint density at radius 1 is 1.21 bits per heavy atom. The third-order valence-electron chi connectivity index (χ3n) is 8.67. The summed E-state index contributed by atoms with van der Waals surface area (Å²) in [6.07, 6.45) is 18.1. The molecule has 0 heterocycles. The fraction of sp³-hybridized carbons (Fsp3) is 0.720. The van der Waals surface area contributed by atoms with E-state index in [1.165, 1.54) is 24.8 Å². The van der Waals surface area contributed by atoms with Gasteiger partial charge in [-0.15, -0.1) is 0 Å². The SMILES string of the molecule is [C-]#[N+]C(=C[C@@]12CCC[C@H]1[C@@H]1CC=C3C=CCC[C@]3(C)[C@H]1CC2)S(=O)(=O)C(C)(C)C. The summed E-state index contributed by atoms with van der Waals surface area (Å²) in [6.45, 7) is 15.2. The van der Waals surface area contributed by atoms with Crippen LogP contribution in [0.25, 0.3) is 4.85 Å². The molecule has 4 aliphatic rings. The lowest BCUT2D eigenvalue weighted by Crippen LogP contribution is -2.48. The standard InChI is InChI=1S/C25H35NO2S/c1-23(2,3)29(27,28)22(26-5)17-25-15-8-10-21(25)19-12-11-18-9-6-7-14-24(18,4)20(19)13-16-25/h6,9,11,17,19-21H,7-8,10,12-16H2,1-4H3/t19-,20+,21+,24+,25+/m1/s1. The highest BCUT2D eigenvalue weighted by Gasteiger charge is 2.56. The fourth-order valence-corrected chi connectivity index (χ4v) is 8.12. The van der Waals surface area contributed by atoms with Crippen molar-refractivity contribution < 1.29 is 8.42 Å². The number of hydrogen-bond acceptors (Lipinski definition) is 2. The molecular weight excluding hydrogens is 378 g/mol. The summed E-state index contributed by atoms with van der Waals surface area (Å²) >= 11 is 0. The topological polar surface area (TPSA) is 38.5 Å². The van der Waals surface area contributed by atoms with Crippen LogP contribution < -0.4 is 0 Å². The average Bonchev–Trinajstić information content (AvgIpc) is 3.08. The first-order valence-electron chi connectivity index (χ1n) is 11.3. The number of rotatable bonds is 2. The van der Waals surface area contributed by atoms with Gasteiger partial charge in [-0.3, -0.25) is 0 Å². The maximum Gasteiger partial charge on any atom is 0.275 e. The predicted molar refractivity (Wildman–Crippen MR) is 119 cm³/mol. The molecule has 0 spiro atoms. The molecule has 0 aromatic rings. The molecule has 4 heteroatoms. The summed E-state index contributed by atoms with van der Waals surface area (Å²) < 4.78 is 25.2. The van der Waals surface area contributed by atoms with E-state index in [2.05, 4.69) is 30.0 Å². The molecule has 0 unspecified atom stereocenters. The van der Waals surface area contributed by atoms with Crippen molar-refractivity contribution in [1.29, 1.82) is 0 Å². The maximum absolute atomic E-state index is 13.1. The molecule has 0 aliphatic heterocycles. The van der Waals surface area contributed by atoms with Gasteiger partial charge in [0.1, 0.15) is 0 Å². The van der Waals surface area contributed by atoms with Crippen LogP contribution in [-0.4, -0.2) is 13.2 Å². The number of fused-ring (bicyclic) bond motifs is 5. The van der Waals surface area contributed by atoms with E-state index in [-0.39, 0.29) is 15.9 Å². The smallest absolute Gasteiger partial charge is 0.235 e. The van der Waals surface area contributed by atoms with Crippen molar-refractivity contribution in [3.05, 3.63) is 46.3 Å². The third-order valence-corrected chi connectivity index (χ3v) is 11.0. The Morgan fingerprint density at radius 2 is 1.97 bits per heavy atom. The zero-order valence-corrected chi connectivity index (χ0v) is 19.2. The van der Waals surface area contributed by atoms with Gasteiger partial charge >= 0.3 is 0 Å². The molecule has 0 aromatic carbocycles. The first-order valence-corrected chi connectivity index (χ1v) is 12.8. The number of nitrogens with zero attached hydrogens (tertiary/aromatic N) is 1. The van der Waals surface area contributed by atoms with Gasteiger partial charge in [0.15, 0.2) is 9.84 Å². The molecule has 3 nitrogen and oxygen atoms in total. The van der Waals surface area contributed by atoms with Crippen molar-refractivity contribution >= 4 is 9.84 Å². The molecule has 4 rings (SSSR count). The van der Waals surface area contributed by atoms with E-state index in [4.69, 9.17) is 6.57 Å². The molecule has 158 valence electrons. The minimum Gasteiger partial charge on any atom is -0.235 e. The van der Waals surface area contributed by atoms with Crippen LogP contribution in [0.1, 0.15) is 79.1 Å². The molecule has 0 bridgehead atoms. The van der Waals surface area contributed by atoms with E-state index in [1.54, 1.807) is 20.8 Å². The zero-order chi connectivity index (χ0) is 21.1. The van der Waals surface area contributed by atoms with Gasteiger partial charge in [-0.05, 0) is 99.9 Å². The summed E-state index contributed by atoms with van der Waals surface area (Å²) in [5, 5.41) is -0.00537. The van der Waals surface area contributed by atoms with Gasteiger partial charge in [0.2, 0.25) is 0 Å². The van der Waals surface area contributed by atoms with E-state index in [9.17, 15) is 8.42 Å². The average molecular weight is 414 g/mol. The van der Waals surface area contributed by atoms with E-state index in [0.717, 1.165) is 32.1 Å². The Hall–Kier alpha value is -1.34. The molecule has 5 atom stereocenters. The highest BCUT2D eigenvalue weighted by Crippen LogP contribution is 2.65. The van der Waals surface area contributed by atoms with Crippen LogP contribution in [0.5, 0.6) is 0 Å². The van der Waals surface area contributed by atoms with Gasteiger partial charge in [-0.1, -0.05) is 37.6 Å². The molecule has 0 N–H and O–H groups in total. The zero-order valence-electron chi connectivity index (χ0n) is 18.4. The summed E-state index contributed by atoms with van der Waals surface area (Å²) in [7, 11) is -3.61. The monoisotopic (exact) mass is 413 g/mol. The van der Waals surface area contributed by atoms with Gasteiger partial charge in [-0.2, -0.15) is 0 Å². The number of sulfone groups is 1. The van der Waals surface area contributed by atoms with Crippen LogP contribution in [0.2, 0.25) is 0 Å². The Morgan fingerprint density at radius 3 is 2.66 bits per heavy atom. The van der Waals surface area contributed by atoms with Gasteiger partial charge in [0.05, 0.1) is 11.3 Å². The Kier molecular flexibility index (Phi) is 4.93. The summed E-state index contributed by atoms with van der Waals surface area (Å²) in [5.41, 5.74) is 1.70. The highest BCUT2D eigenvalue weighted by molar-refractivity contribution is 7.96. The van der Waals surface area contributed by atoms with Crippen molar-refractivity contribution in [1.82, 2.24) is 0 Å². The molecule has 0 amide bonds. The van der Waals surface area contributed by atoms with Crippen molar-refractivity contribution in [2.75, 3.05) is 0 Å². The largest absolute Gasteiger partial charge is 0.275 e. The minimum atomic E-state index is -3.61. The number of hydrogen-bond donors (Lipinski definition) is 0. The molecule has 29 heavy (non-hydrogen) atoms. The summed E-state index contributed by atoms with van der Waals surface area (Å²) in [4.78, 5) is 3.56. The highest BCUT2D eigenvalue weighted by atomic mass is 32.2. The van der Waals surface area contributed by atoms with E-state index in [1.807, 2.05) is 6.08 Å². The van der Waals surface area contributed by atoms with Crippen molar-refractivity contribution in [2.24, 2.45) is 28.6 Å². The second kappa shape index (κ2) is 6.84. The Balaban J connectivity index is 1.73. The van der Waals surface area contributed by atoms with Gasteiger partial charge < -0.3 is 0 Å². The van der Waals surface area contributed by atoms with E-state index < -0.39 is 14.6 Å². The van der Waals surface area contributed by atoms with Crippen molar-refractivity contribution in [3.8, 4) is 0 Å². The van der Waals surface area contributed by atoms with Gasteiger partial charge in [0, 0.05) is 0 Å². The lowest BCUT2D eigenvalue weighted by atomic mass is 9.48. The first kappa shape index (κ1) is 20.9. The van der Waals surface area contributed by atoms with Gasteiger partial charge in [0.25, 0.3) is 5.03 Å². The van der Waals surface area contributed by atoms with Crippen LogP contribution >= 0.6 is 0 Å². The third kappa shape index (κ3) is 3.07. The molecule has 0 aromatic heterocycles. The van der Waals surface area contributed by atoms with Crippen LogP contribution in [-0.2, 0) is 9.84 Å². The molecule has 0 radical (unpaired) electrons. The van der Waals surface area contributed by atoms with Gasteiger partial charge in [-0.25, -0.2) is 13.3 Å². The van der Waals surface area contributed by atoms with Crippen molar-refractivity contribution in [3.63, 3.8) is 0 Å². The lowest BCUT2D eigenvalue weighted by Gasteiger charge is -2.56. The maximum atomic E-state index is 13.1. The second-order valence-corrected chi connectivity index (χ2v) is 13.7. The first-order chi connectivity index (χ1) is 13.6. The second-order valence-electron chi connectivity index (χ2n) is 11.0. The van der Waals surface area contributed by atoms with E-state index >= 15 is 0 Å². The van der Waals surface area contributed by atoms with Crippen LogP contribution in [0.4, 0.5) is 0 Å².